The molecule has 2 bridgehead atoms. The van der Waals surface area contributed by atoms with Crippen molar-refractivity contribution in [2.75, 3.05) is 6.54 Å². The number of piperidine rings is 3. The highest BCUT2D eigenvalue weighted by molar-refractivity contribution is 9.10. The van der Waals surface area contributed by atoms with Gasteiger partial charge >= 0.3 is 0 Å². The summed E-state index contributed by atoms with van der Waals surface area (Å²) in [5, 5.41) is 27.3. The topological polar surface area (TPSA) is 123 Å². The van der Waals surface area contributed by atoms with Crippen LogP contribution >= 0.6 is 15.9 Å². The van der Waals surface area contributed by atoms with E-state index in [0.29, 0.717) is 39.7 Å². The van der Waals surface area contributed by atoms with Crippen molar-refractivity contribution in [3.05, 3.63) is 58.1 Å². The molecule has 6 atom stereocenters. The molecule has 3 aliphatic heterocycles. The molecule has 214 valence electrons. The smallest absolute Gasteiger partial charge is 0.264 e. The summed E-state index contributed by atoms with van der Waals surface area (Å²) in [5.41, 5.74) is -0.277. The first-order valence-electron chi connectivity index (χ1n) is 13.9. The van der Waals surface area contributed by atoms with Gasteiger partial charge in [-0.2, -0.15) is 5.26 Å². The molecule has 0 aromatic heterocycles. The van der Waals surface area contributed by atoms with Gasteiger partial charge in [0.15, 0.2) is 5.60 Å². The van der Waals surface area contributed by atoms with Crippen molar-refractivity contribution in [3.8, 4) is 17.2 Å². The minimum atomic E-state index is -3.20. The molecule has 11 heteroatoms. The second kappa shape index (κ2) is 10.2. The molecule has 1 saturated carbocycles. The SMILES string of the molecule is N#C[C@H](C[C@H]1CCCNC1=O)NC(=O)[C@@H]1[C@H]2CC[C@H](CC2(F)F)N1C(=O)[C@]1(O)c2ccccc2-c2ccc(Br)cc21. The van der Waals surface area contributed by atoms with Crippen LogP contribution in [-0.2, 0) is 20.0 Å². The van der Waals surface area contributed by atoms with Crippen LogP contribution in [0.15, 0.2) is 46.9 Å². The minimum Gasteiger partial charge on any atom is -0.372 e. The number of carbonyl (C=O) groups excluding carboxylic acids is 3. The maximum atomic E-state index is 15.3. The van der Waals surface area contributed by atoms with Crippen molar-refractivity contribution in [2.45, 2.75) is 68.2 Å². The van der Waals surface area contributed by atoms with E-state index in [1.54, 1.807) is 42.5 Å². The summed E-state index contributed by atoms with van der Waals surface area (Å²) in [6.07, 6.45) is 1.01. The molecule has 5 aliphatic rings. The van der Waals surface area contributed by atoms with Crippen LogP contribution in [0.25, 0.3) is 11.1 Å². The van der Waals surface area contributed by atoms with Crippen LogP contribution in [0.3, 0.4) is 0 Å². The molecule has 3 heterocycles. The van der Waals surface area contributed by atoms with Gasteiger partial charge in [0, 0.05) is 40.5 Å². The van der Waals surface area contributed by atoms with Gasteiger partial charge < -0.3 is 20.6 Å². The summed E-state index contributed by atoms with van der Waals surface area (Å²) in [6.45, 7) is 0.544. The summed E-state index contributed by atoms with van der Waals surface area (Å²) in [4.78, 5) is 41.7. The zero-order valence-electron chi connectivity index (χ0n) is 22.1. The molecule has 7 rings (SSSR count). The number of amides is 3. The van der Waals surface area contributed by atoms with Gasteiger partial charge in [-0.15, -0.1) is 0 Å². The van der Waals surface area contributed by atoms with Crippen molar-refractivity contribution >= 4 is 33.7 Å². The molecule has 3 saturated heterocycles. The predicted octanol–water partition coefficient (Wildman–Crippen LogP) is 3.60. The monoisotopic (exact) mass is 626 g/mol. The summed E-state index contributed by atoms with van der Waals surface area (Å²) >= 11 is 3.41. The van der Waals surface area contributed by atoms with Gasteiger partial charge in [-0.05, 0) is 55.4 Å². The highest BCUT2D eigenvalue weighted by Gasteiger charge is 2.63. The first kappa shape index (κ1) is 27.8. The van der Waals surface area contributed by atoms with Crippen LogP contribution < -0.4 is 10.6 Å². The summed E-state index contributed by atoms with van der Waals surface area (Å²) in [6, 6.07) is 10.4. The fourth-order valence-electron chi connectivity index (χ4n) is 7.19. The van der Waals surface area contributed by atoms with Gasteiger partial charge in [-0.1, -0.05) is 46.3 Å². The number of aliphatic hydroxyl groups is 1. The van der Waals surface area contributed by atoms with Crippen LogP contribution in [0.4, 0.5) is 8.78 Å². The van der Waals surface area contributed by atoms with E-state index in [1.165, 1.54) is 0 Å². The number of nitrogens with one attached hydrogen (secondary N) is 2. The number of carbonyl (C=O) groups is 3. The molecule has 2 aliphatic carbocycles. The van der Waals surface area contributed by atoms with Gasteiger partial charge in [0.25, 0.3) is 11.8 Å². The highest BCUT2D eigenvalue weighted by atomic mass is 79.9. The molecule has 4 fully saturated rings. The molecule has 3 N–H and O–H groups in total. The number of halogens is 3. The second-order valence-electron chi connectivity index (χ2n) is 11.5. The Balaban J connectivity index is 1.36. The van der Waals surface area contributed by atoms with Crippen LogP contribution in [-0.4, -0.2) is 58.3 Å². The fraction of sp³-hybridized carbons (Fsp3) is 0.467. The van der Waals surface area contributed by atoms with E-state index in [4.69, 9.17) is 0 Å². The Morgan fingerprint density at radius 1 is 1.17 bits per heavy atom. The Morgan fingerprint density at radius 2 is 1.93 bits per heavy atom. The maximum Gasteiger partial charge on any atom is 0.264 e. The van der Waals surface area contributed by atoms with Gasteiger partial charge in [-0.25, -0.2) is 8.78 Å². The normalized spacial score (nSPS) is 30.0. The third-order valence-electron chi connectivity index (χ3n) is 9.12. The Morgan fingerprint density at radius 3 is 2.66 bits per heavy atom. The van der Waals surface area contributed by atoms with Crippen molar-refractivity contribution in [3.63, 3.8) is 0 Å². The van der Waals surface area contributed by atoms with E-state index in [-0.39, 0.29) is 25.2 Å². The average molecular weight is 627 g/mol. The molecule has 2 aromatic rings. The van der Waals surface area contributed by atoms with Crippen LogP contribution in [0.1, 0.15) is 49.7 Å². The van der Waals surface area contributed by atoms with Crippen LogP contribution in [0, 0.1) is 23.2 Å². The van der Waals surface area contributed by atoms with Crippen molar-refractivity contribution in [1.29, 1.82) is 5.26 Å². The van der Waals surface area contributed by atoms with E-state index in [2.05, 4.69) is 26.6 Å². The lowest BCUT2D eigenvalue weighted by Gasteiger charge is -2.54. The van der Waals surface area contributed by atoms with Crippen molar-refractivity contribution < 1.29 is 28.3 Å². The van der Waals surface area contributed by atoms with Crippen molar-refractivity contribution in [2.24, 2.45) is 11.8 Å². The number of rotatable bonds is 5. The average Bonchev–Trinajstić information content (AvgIpc) is 3.21. The number of alkyl halides is 2. The standard InChI is InChI=1S/C30H29BrF2N4O4/c31-17-7-9-21-20-5-1-2-6-22(20)30(41,24(21)13-17)28(40)37-19-8-10-23(29(32,33)14-19)25(37)27(39)36-18(15-34)12-16-4-3-11-35-26(16)38/h1-2,5-7,9,13,16,18-19,23,25,41H,3-4,8,10-12,14H2,(H,35,38)(H,36,39)/t16-,18+,19-,23-,25+,30+/m1/s1. The number of hydrogen-bond donors (Lipinski definition) is 3. The molecule has 0 radical (unpaired) electrons. The molecule has 3 amide bonds. The number of fused-ring (bicyclic) bond motifs is 6. The Bertz CT molecular complexity index is 1480. The second-order valence-corrected chi connectivity index (χ2v) is 12.4. The summed E-state index contributed by atoms with van der Waals surface area (Å²) in [5.74, 6) is -7.09. The largest absolute Gasteiger partial charge is 0.372 e. The molecule has 8 nitrogen and oxygen atoms in total. The lowest BCUT2D eigenvalue weighted by molar-refractivity contribution is -0.201. The quantitative estimate of drug-likeness (QED) is 0.468. The molecule has 41 heavy (non-hydrogen) atoms. The number of nitrogens with zero attached hydrogens (tertiary/aromatic N) is 2. The van der Waals surface area contributed by atoms with Gasteiger partial charge in [0.1, 0.15) is 12.1 Å². The zero-order valence-corrected chi connectivity index (χ0v) is 23.7. The van der Waals surface area contributed by atoms with E-state index < -0.39 is 59.7 Å². The van der Waals surface area contributed by atoms with Gasteiger partial charge in [0.05, 0.1) is 12.0 Å². The van der Waals surface area contributed by atoms with E-state index in [0.717, 1.165) is 11.3 Å². The van der Waals surface area contributed by atoms with Crippen LogP contribution in [0.5, 0.6) is 0 Å². The number of hydrogen-bond acceptors (Lipinski definition) is 5. The summed E-state index contributed by atoms with van der Waals surface area (Å²) < 4.78 is 31.2. The lowest BCUT2D eigenvalue weighted by atomic mass is 9.70. The number of nitriles is 1. The van der Waals surface area contributed by atoms with E-state index in [1.807, 2.05) is 6.07 Å². The third-order valence-corrected chi connectivity index (χ3v) is 9.61. The van der Waals surface area contributed by atoms with Crippen molar-refractivity contribution in [1.82, 2.24) is 15.5 Å². The fourth-order valence-corrected chi connectivity index (χ4v) is 7.55. The van der Waals surface area contributed by atoms with Crippen LogP contribution in [0.2, 0.25) is 0 Å². The van der Waals surface area contributed by atoms with Gasteiger partial charge in [0.2, 0.25) is 11.8 Å². The Kier molecular flexibility index (Phi) is 6.90. The molecule has 0 unspecified atom stereocenters. The van der Waals surface area contributed by atoms with E-state index >= 15 is 8.78 Å². The highest BCUT2D eigenvalue weighted by Crippen LogP contribution is 2.54. The predicted molar refractivity (Wildman–Crippen MR) is 147 cm³/mol. The number of benzene rings is 2. The molecular weight excluding hydrogens is 598 g/mol. The zero-order chi connectivity index (χ0) is 29.1. The Hall–Kier alpha value is -3.36. The molecule has 2 aromatic carbocycles. The molecular formula is C30H29BrF2N4O4. The minimum absolute atomic E-state index is 0.0267. The van der Waals surface area contributed by atoms with E-state index in [9.17, 15) is 24.8 Å². The molecule has 0 spiro atoms. The first-order chi connectivity index (χ1) is 19.6. The first-order valence-corrected chi connectivity index (χ1v) is 14.7. The van der Waals surface area contributed by atoms with Gasteiger partial charge in [-0.3, -0.25) is 14.4 Å². The summed E-state index contributed by atoms with van der Waals surface area (Å²) in [7, 11) is 0. The Labute approximate surface area is 244 Å². The third kappa shape index (κ3) is 4.43. The maximum absolute atomic E-state index is 15.3. The lowest BCUT2D eigenvalue weighted by Crippen LogP contribution is -2.70.